The summed E-state index contributed by atoms with van der Waals surface area (Å²) in [6.07, 6.45) is 0. The molecule has 0 aliphatic rings. The van der Waals surface area contributed by atoms with Gasteiger partial charge in [-0.1, -0.05) is 11.6 Å². The van der Waals surface area contributed by atoms with Crippen LogP contribution in [0.4, 0.5) is 0 Å². The zero-order chi connectivity index (χ0) is 12.3. The molecule has 1 aromatic heterocycles. The molecule has 0 spiro atoms. The van der Waals surface area contributed by atoms with Gasteiger partial charge < -0.3 is 10.1 Å². The summed E-state index contributed by atoms with van der Waals surface area (Å²) in [5.41, 5.74) is 3.75. The molecular weight excluding hydrogens is 230 g/mol. The highest BCUT2D eigenvalue weighted by Crippen LogP contribution is 2.35. The Morgan fingerprint density at radius 1 is 1.29 bits per heavy atom. The lowest BCUT2D eigenvalue weighted by Crippen LogP contribution is -2.03. The first kappa shape index (κ1) is 12.1. The molecule has 1 heterocycles. The average molecular weight is 247 g/mol. The Labute approximate surface area is 106 Å². The van der Waals surface area contributed by atoms with Crippen LogP contribution in [0, 0.1) is 6.92 Å². The van der Waals surface area contributed by atoms with Gasteiger partial charge in [-0.3, -0.25) is 0 Å². The van der Waals surface area contributed by atoms with E-state index in [1.807, 2.05) is 13.1 Å². The van der Waals surface area contributed by atoms with Gasteiger partial charge in [-0.2, -0.15) is 0 Å². The van der Waals surface area contributed by atoms with Crippen molar-refractivity contribution in [2.45, 2.75) is 13.5 Å². The zero-order valence-electron chi connectivity index (χ0n) is 10.4. The van der Waals surface area contributed by atoms with Crippen molar-refractivity contribution < 1.29 is 4.74 Å². The summed E-state index contributed by atoms with van der Waals surface area (Å²) in [5.74, 6) is 0.938. The zero-order valence-corrected chi connectivity index (χ0v) is 11.2. The lowest BCUT2D eigenvalue weighted by molar-refractivity contribution is 0.416. The third kappa shape index (κ3) is 2.68. The van der Waals surface area contributed by atoms with Crippen molar-refractivity contribution in [2.75, 3.05) is 14.2 Å². The predicted molar refractivity (Wildman–Crippen MR) is 73.8 cm³/mol. The topological polar surface area (TPSA) is 21.3 Å². The van der Waals surface area contributed by atoms with E-state index in [1.54, 1.807) is 18.4 Å². The standard InChI is InChI=1S/C14H17NOS/c1-10-4-5-13(16-3)12(6-10)14-7-11(8-15-2)9-17-14/h4-7,9,15H,8H2,1-3H3. The Morgan fingerprint density at radius 3 is 2.82 bits per heavy atom. The van der Waals surface area contributed by atoms with Crippen LogP contribution >= 0.6 is 11.3 Å². The maximum Gasteiger partial charge on any atom is 0.127 e. The first-order valence-electron chi connectivity index (χ1n) is 5.61. The van der Waals surface area contributed by atoms with E-state index >= 15 is 0 Å². The van der Waals surface area contributed by atoms with Gasteiger partial charge in [0.25, 0.3) is 0 Å². The van der Waals surface area contributed by atoms with E-state index < -0.39 is 0 Å². The summed E-state index contributed by atoms with van der Waals surface area (Å²) in [6, 6.07) is 8.50. The van der Waals surface area contributed by atoms with E-state index in [0.717, 1.165) is 12.3 Å². The lowest BCUT2D eigenvalue weighted by Gasteiger charge is -2.07. The number of thiophene rings is 1. The largest absolute Gasteiger partial charge is 0.496 e. The van der Waals surface area contributed by atoms with Gasteiger partial charge in [0.15, 0.2) is 0 Å². The van der Waals surface area contributed by atoms with Crippen LogP contribution in [0.25, 0.3) is 10.4 Å². The minimum atomic E-state index is 0.907. The van der Waals surface area contributed by atoms with Gasteiger partial charge in [0, 0.05) is 17.0 Å². The van der Waals surface area contributed by atoms with Crippen LogP contribution < -0.4 is 10.1 Å². The smallest absolute Gasteiger partial charge is 0.127 e. The number of ether oxygens (including phenoxy) is 1. The van der Waals surface area contributed by atoms with Gasteiger partial charge in [0.2, 0.25) is 0 Å². The van der Waals surface area contributed by atoms with Gasteiger partial charge in [0.1, 0.15) is 5.75 Å². The second-order valence-corrected chi connectivity index (χ2v) is 4.96. The first-order valence-corrected chi connectivity index (χ1v) is 6.49. The molecule has 0 fully saturated rings. The van der Waals surface area contributed by atoms with Crippen molar-refractivity contribution >= 4 is 11.3 Å². The second kappa shape index (κ2) is 5.34. The molecule has 2 aromatic rings. The molecule has 1 N–H and O–H groups in total. The number of benzene rings is 1. The summed E-state index contributed by atoms with van der Waals surface area (Å²) >= 11 is 1.76. The van der Waals surface area contributed by atoms with Crippen molar-refractivity contribution in [1.82, 2.24) is 5.32 Å². The molecule has 0 radical (unpaired) electrons. The maximum atomic E-state index is 5.42. The van der Waals surface area contributed by atoms with E-state index in [-0.39, 0.29) is 0 Å². The van der Waals surface area contributed by atoms with Crippen LogP contribution in [0.3, 0.4) is 0 Å². The molecule has 17 heavy (non-hydrogen) atoms. The van der Waals surface area contributed by atoms with Gasteiger partial charge in [-0.05, 0) is 43.1 Å². The molecule has 90 valence electrons. The first-order chi connectivity index (χ1) is 8.24. The molecule has 2 nitrogen and oxygen atoms in total. The van der Waals surface area contributed by atoms with Gasteiger partial charge in [0.05, 0.1) is 7.11 Å². The van der Waals surface area contributed by atoms with Crippen molar-refractivity contribution in [1.29, 1.82) is 0 Å². The van der Waals surface area contributed by atoms with Crippen LogP contribution in [0.5, 0.6) is 5.75 Å². The Bertz CT molecular complexity index is 505. The van der Waals surface area contributed by atoms with Crippen LogP contribution in [0.15, 0.2) is 29.6 Å². The molecule has 0 aliphatic carbocycles. The molecule has 0 unspecified atom stereocenters. The van der Waals surface area contributed by atoms with Crippen molar-refractivity contribution in [2.24, 2.45) is 0 Å². The van der Waals surface area contributed by atoms with Crippen LogP contribution in [-0.4, -0.2) is 14.2 Å². The number of hydrogen-bond donors (Lipinski definition) is 1. The number of hydrogen-bond acceptors (Lipinski definition) is 3. The fraction of sp³-hybridized carbons (Fsp3) is 0.286. The van der Waals surface area contributed by atoms with E-state index in [0.29, 0.717) is 0 Å². The average Bonchev–Trinajstić information content (AvgIpc) is 2.78. The third-order valence-electron chi connectivity index (χ3n) is 2.66. The van der Waals surface area contributed by atoms with Crippen LogP contribution in [0.2, 0.25) is 0 Å². The van der Waals surface area contributed by atoms with E-state index in [9.17, 15) is 0 Å². The van der Waals surface area contributed by atoms with Gasteiger partial charge >= 0.3 is 0 Å². The molecule has 0 atom stereocenters. The van der Waals surface area contributed by atoms with Crippen molar-refractivity contribution in [3.05, 3.63) is 40.8 Å². The molecular formula is C14H17NOS. The molecule has 0 aliphatic heterocycles. The summed E-state index contributed by atoms with van der Waals surface area (Å²) in [7, 11) is 3.68. The lowest BCUT2D eigenvalue weighted by atomic mass is 10.1. The maximum absolute atomic E-state index is 5.42. The quantitative estimate of drug-likeness (QED) is 0.893. The fourth-order valence-electron chi connectivity index (χ4n) is 1.83. The molecule has 0 amide bonds. The molecule has 3 heteroatoms. The Hall–Kier alpha value is -1.32. The monoisotopic (exact) mass is 247 g/mol. The highest BCUT2D eigenvalue weighted by molar-refractivity contribution is 7.13. The van der Waals surface area contributed by atoms with Crippen LogP contribution in [0.1, 0.15) is 11.1 Å². The van der Waals surface area contributed by atoms with Crippen molar-refractivity contribution in [3.63, 3.8) is 0 Å². The van der Waals surface area contributed by atoms with E-state index in [1.165, 1.54) is 21.6 Å². The van der Waals surface area contributed by atoms with Crippen molar-refractivity contribution in [3.8, 4) is 16.2 Å². The number of nitrogens with one attached hydrogen (secondary N) is 1. The summed E-state index contributed by atoms with van der Waals surface area (Å²) in [5, 5.41) is 5.35. The number of aryl methyl sites for hydroxylation is 1. The molecule has 0 saturated carbocycles. The fourth-order valence-corrected chi connectivity index (χ4v) is 2.76. The predicted octanol–water partition coefficient (Wildman–Crippen LogP) is 3.45. The number of rotatable bonds is 4. The summed E-state index contributed by atoms with van der Waals surface area (Å²) in [4.78, 5) is 1.26. The highest BCUT2D eigenvalue weighted by Gasteiger charge is 2.08. The number of methoxy groups -OCH3 is 1. The molecule has 1 aromatic carbocycles. The third-order valence-corrected chi connectivity index (χ3v) is 3.67. The van der Waals surface area contributed by atoms with Gasteiger partial charge in [-0.15, -0.1) is 11.3 Å². The second-order valence-electron chi connectivity index (χ2n) is 4.05. The molecule has 0 saturated heterocycles. The summed E-state index contributed by atoms with van der Waals surface area (Å²) < 4.78 is 5.42. The van der Waals surface area contributed by atoms with E-state index in [2.05, 4.69) is 35.8 Å². The summed E-state index contributed by atoms with van der Waals surface area (Å²) in [6.45, 7) is 3.01. The molecule has 0 bridgehead atoms. The van der Waals surface area contributed by atoms with Crippen LogP contribution in [-0.2, 0) is 6.54 Å². The Balaban J connectivity index is 2.40. The SMILES string of the molecule is CNCc1csc(-c2cc(C)ccc2OC)c1. The Kier molecular flexibility index (Phi) is 3.82. The normalized spacial score (nSPS) is 10.5. The highest BCUT2D eigenvalue weighted by atomic mass is 32.1. The van der Waals surface area contributed by atoms with Gasteiger partial charge in [-0.25, -0.2) is 0 Å². The minimum absolute atomic E-state index is 0.907. The van der Waals surface area contributed by atoms with E-state index in [4.69, 9.17) is 4.74 Å². The minimum Gasteiger partial charge on any atom is -0.496 e. The Morgan fingerprint density at radius 2 is 2.12 bits per heavy atom. The molecule has 2 rings (SSSR count).